The number of nitrogens with one attached hydrogen (secondary N) is 1. The topological polar surface area (TPSA) is 72.0 Å². The lowest BCUT2D eigenvalue weighted by Crippen LogP contribution is -2.26. The van der Waals surface area contributed by atoms with E-state index in [0.29, 0.717) is 11.1 Å². The predicted octanol–water partition coefficient (Wildman–Crippen LogP) is 3.84. The fraction of sp³-hybridized carbons (Fsp3) is 0.143. The van der Waals surface area contributed by atoms with Crippen LogP contribution in [0.15, 0.2) is 67.3 Å². The van der Waals surface area contributed by atoms with Crippen LogP contribution in [0.3, 0.4) is 0 Å². The van der Waals surface area contributed by atoms with E-state index >= 15 is 0 Å². The molecule has 5 nitrogen and oxygen atoms in total. The molecule has 0 aliphatic carbocycles. The quantitative estimate of drug-likeness (QED) is 0.713. The lowest BCUT2D eigenvalue weighted by atomic mass is 10.0. The van der Waals surface area contributed by atoms with Crippen LogP contribution in [-0.2, 0) is 0 Å². The highest BCUT2D eigenvalue weighted by atomic mass is 16.1. The van der Waals surface area contributed by atoms with Crippen molar-refractivity contribution in [2.45, 2.75) is 19.9 Å². The van der Waals surface area contributed by atoms with E-state index in [1.807, 2.05) is 31.2 Å². The van der Waals surface area contributed by atoms with Crippen molar-refractivity contribution in [3.8, 4) is 11.1 Å². The molecule has 0 saturated carbocycles. The fourth-order valence-corrected chi connectivity index (χ4v) is 2.63. The van der Waals surface area contributed by atoms with Crippen LogP contribution in [0.25, 0.3) is 11.1 Å². The van der Waals surface area contributed by atoms with Gasteiger partial charge in [0.05, 0.1) is 6.04 Å². The van der Waals surface area contributed by atoms with Gasteiger partial charge in [-0.05, 0) is 37.1 Å². The van der Waals surface area contributed by atoms with Crippen LogP contribution in [-0.4, -0.2) is 21.7 Å². The molecule has 130 valence electrons. The molecule has 0 radical (unpaired) electrons. The molecule has 0 fully saturated rings. The maximum atomic E-state index is 12.4. The van der Waals surface area contributed by atoms with Crippen molar-refractivity contribution in [3.63, 3.8) is 0 Å². The van der Waals surface area contributed by atoms with Crippen molar-refractivity contribution in [2.75, 3.05) is 0 Å². The second-order valence-corrected chi connectivity index (χ2v) is 6.08. The summed E-state index contributed by atoms with van der Waals surface area (Å²) >= 11 is 0. The molecule has 0 aliphatic rings. The van der Waals surface area contributed by atoms with Gasteiger partial charge in [0, 0.05) is 29.1 Å². The van der Waals surface area contributed by atoms with Gasteiger partial charge < -0.3 is 5.32 Å². The van der Waals surface area contributed by atoms with E-state index in [2.05, 4.69) is 15.3 Å². The summed E-state index contributed by atoms with van der Waals surface area (Å²) < 4.78 is 0. The Morgan fingerprint density at radius 2 is 1.42 bits per heavy atom. The Kier molecular flexibility index (Phi) is 5.17. The minimum absolute atomic E-state index is 0.0192. The third kappa shape index (κ3) is 4.00. The Bertz CT molecular complexity index is 904. The van der Waals surface area contributed by atoms with E-state index in [4.69, 9.17) is 0 Å². The molecule has 2 aromatic carbocycles. The van der Waals surface area contributed by atoms with Crippen LogP contribution in [0.2, 0.25) is 0 Å². The first-order valence-corrected chi connectivity index (χ1v) is 8.32. The van der Waals surface area contributed by atoms with Gasteiger partial charge in [0.2, 0.25) is 0 Å². The van der Waals surface area contributed by atoms with Gasteiger partial charge in [0.25, 0.3) is 5.91 Å². The Morgan fingerprint density at radius 1 is 0.846 bits per heavy atom. The van der Waals surface area contributed by atoms with Crippen LogP contribution in [0.5, 0.6) is 0 Å². The molecule has 0 aliphatic heterocycles. The normalized spacial score (nSPS) is 11.6. The van der Waals surface area contributed by atoms with Crippen LogP contribution < -0.4 is 5.32 Å². The molecule has 5 heteroatoms. The number of hydrogen-bond donors (Lipinski definition) is 1. The molecule has 0 unspecified atom stereocenters. The Morgan fingerprint density at radius 3 is 2.00 bits per heavy atom. The molecule has 1 amide bonds. The smallest absolute Gasteiger partial charge is 0.251 e. The lowest BCUT2D eigenvalue weighted by molar-refractivity contribution is 0.0938. The number of amides is 1. The predicted molar refractivity (Wildman–Crippen MR) is 99.8 cm³/mol. The second kappa shape index (κ2) is 7.70. The molecule has 0 spiro atoms. The summed E-state index contributed by atoms with van der Waals surface area (Å²) in [7, 11) is 0. The van der Waals surface area contributed by atoms with Gasteiger partial charge in [-0.1, -0.05) is 36.4 Å². The van der Waals surface area contributed by atoms with Crippen molar-refractivity contribution in [1.29, 1.82) is 0 Å². The van der Waals surface area contributed by atoms with Crippen LogP contribution in [0.4, 0.5) is 0 Å². The molecular weight excluding hydrogens is 326 g/mol. The average Bonchev–Trinajstić information content (AvgIpc) is 2.68. The van der Waals surface area contributed by atoms with Gasteiger partial charge in [-0.25, -0.2) is 9.97 Å². The molecule has 1 N–H and O–H groups in total. The Labute approximate surface area is 152 Å². The van der Waals surface area contributed by atoms with Gasteiger partial charge in [-0.3, -0.25) is 9.59 Å². The van der Waals surface area contributed by atoms with E-state index in [0.717, 1.165) is 16.7 Å². The minimum atomic E-state index is -0.173. The number of carbonyl (C=O) groups excluding carboxylic acids is 2. The SMILES string of the molecule is CC(=O)c1ccc(C(=O)N[C@@H](C)c2ccc(-c3cncnc3)cc2)cc1. The summed E-state index contributed by atoms with van der Waals surface area (Å²) in [6, 6.07) is 14.4. The average molecular weight is 345 g/mol. The summed E-state index contributed by atoms with van der Waals surface area (Å²) in [5, 5.41) is 2.97. The summed E-state index contributed by atoms with van der Waals surface area (Å²) in [5.74, 6) is -0.192. The highest BCUT2D eigenvalue weighted by Crippen LogP contribution is 2.21. The maximum Gasteiger partial charge on any atom is 0.251 e. The number of nitrogens with zero attached hydrogens (tertiary/aromatic N) is 2. The molecule has 3 rings (SSSR count). The summed E-state index contributed by atoms with van der Waals surface area (Å²) in [6.07, 6.45) is 5.02. The van der Waals surface area contributed by atoms with Crippen LogP contribution in [0.1, 0.15) is 46.2 Å². The minimum Gasteiger partial charge on any atom is -0.346 e. The highest BCUT2D eigenvalue weighted by molar-refractivity contribution is 5.97. The zero-order valence-electron chi connectivity index (χ0n) is 14.6. The largest absolute Gasteiger partial charge is 0.346 e. The van der Waals surface area contributed by atoms with Crippen molar-refractivity contribution in [2.24, 2.45) is 0 Å². The number of hydrogen-bond acceptors (Lipinski definition) is 4. The van der Waals surface area contributed by atoms with Gasteiger partial charge >= 0.3 is 0 Å². The standard InChI is InChI=1S/C21H19N3O2/c1-14(24-21(26)19-9-5-17(6-10-19)15(2)25)16-3-7-18(8-4-16)20-11-22-13-23-12-20/h3-14H,1-2H3,(H,24,26)/t14-/m0/s1. The first-order chi connectivity index (χ1) is 12.5. The number of ketones is 1. The Balaban J connectivity index is 1.68. The van der Waals surface area contributed by atoms with Crippen molar-refractivity contribution in [3.05, 3.63) is 83.9 Å². The molecule has 1 aromatic heterocycles. The van der Waals surface area contributed by atoms with Gasteiger partial charge in [-0.15, -0.1) is 0 Å². The maximum absolute atomic E-state index is 12.4. The van der Waals surface area contributed by atoms with E-state index in [-0.39, 0.29) is 17.7 Å². The fourth-order valence-electron chi connectivity index (χ4n) is 2.63. The molecule has 1 atom stereocenters. The summed E-state index contributed by atoms with van der Waals surface area (Å²) in [5.41, 5.74) is 4.09. The van der Waals surface area contributed by atoms with Crippen molar-refractivity contribution >= 4 is 11.7 Å². The summed E-state index contributed by atoms with van der Waals surface area (Å²) in [4.78, 5) is 31.7. The van der Waals surface area contributed by atoms with E-state index in [1.165, 1.54) is 13.3 Å². The molecular formula is C21H19N3O2. The van der Waals surface area contributed by atoms with Crippen LogP contribution in [0, 0.1) is 0 Å². The van der Waals surface area contributed by atoms with E-state index in [9.17, 15) is 9.59 Å². The van der Waals surface area contributed by atoms with Crippen LogP contribution >= 0.6 is 0 Å². The first-order valence-electron chi connectivity index (χ1n) is 8.32. The molecule has 0 saturated heterocycles. The van der Waals surface area contributed by atoms with Gasteiger partial charge in [0.15, 0.2) is 5.78 Å². The highest BCUT2D eigenvalue weighted by Gasteiger charge is 2.12. The Hall–Kier alpha value is -3.34. The van der Waals surface area contributed by atoms with Gasteiger partial charge in [-0.2, -0.15) is 0 Å². The van der Waals surface area contributed by atoms with Crippen molar-refractivity contribution < 1.29 is 9.59 Å². The number of Topliss-reactive ketones (excluding diaryl/α,β-unsaturated/α-hetero) is 1. The zero-order valence-corrected chi connectivity index (χ0v) is 14.6. The number of carbonyl (C=O) groups is 2. The number of aromatic nitrogens is 2. The first kappa shape index (κ1) is 17.5. The number of rotatable bonds is 5. The lowest BCUT2D eigenvalue weighted by Gasteiger charge is -2.15. The third-order valence-corrected chi connectivity index (χ3v) is 4.21. The third-order valence-electron chi connectivity index (χ3n) is 4.21. The molecule has 1 heterocycles. The molecule has 3 aromatic rings. The van der Waals surface area contributed by atoms with E-state index < -0.39 is 0 Å². The second-order valence-electron chi connectivity index (χ2n) is 6.08. The summed E-state index contributed by atoms with van der Waals surface area (Å²) in [6.45, 7) is 3.44. The zero-order chi connectivity index (χ0) is 18.5. The molecule has 0 bridgehead atoms. The van der Waals surface area contributed by atoms with Gasteiger partial charge in [0.1, 0.15) is 6.33 Å². The monoisotopic (exact) mass is 345 g/mol. The van der Waals surface area contributed by atoms with E-state index in [1.54, 1.807) is 36.7 Å². The molecule has 26 heavy (non-hydrogen) atoms. The van der Waals surface area contributed by atoms with Crippen molar-refractivity contribution in [1.82, 2.24) is 15.3 Å². The number of benzene rings is 2.